The average Bonchev–Trinajstić information content (AvgIpc) is 3.04. The van der Waals surface area contributed by atoms with Gasteiger partial charge in [0.1, 0.15) is 22.7 Å². The van der Waals surface area contributed by atoms with Gasteiger partial charge in [0.15, 0.2) is 11.6 Å². The Morgan fingerprint density at radius 2 is 1.24 bits per heavy atom. The molecule has 0 aliphatic rings. The van der Waals surface area contributed by atoms with Gasteiger partial charge in [-0.25, -0.2) is 18.7 Å². The first-order chi connectivity index (χ1) is 10.2. The molecule has 6 heteroatoms. The highest BCUT2D eigenvalue weighted by atomic mass is 19.1. The van der Waals surface area contributed by atoms with Crippen LogP contribution in [0.5, 0.6) is 0 Å². The molecule has 21 heavy (non-hydrogen) atoms. The van der Waals surface area contributed by atoms with Gasteiger partial charge in [0, 0.05) is 0 Å². The van der Waals surface area contributed by atoms with Crippen LogP contribution in [0.1, 0.15) is 11.6 Å². The molecule has 0 unspecified atom stereocenters. The molecule has 4 aromatic rings. The number of hydrogen-bond acceptors (Lipinski definition) is 2. The van der Waals surface area contributed by atoms with Crippen molar-refractivity contribution in [3.8, 4) is 0 Å². The molecule has 0 aliphatic heterocycles. The van der Waals surface area contributed by atoms with E-state index in [4.69, 9.17) is 0 Å². The highest BCUT2D eigenvalue weighted by Gasteiger charge is 2.11. The predicted molar refractivity (Wildman–Crippen MR) is 74.9 cm³/mol. The Labute approximate surface area is 117 Å². The molecule has 0 bridgehead atoms. The standard InChI is InChI=1S/C15H10F2N4/c16-8-3-1-5-10-14(8)20-12(18-10)7-13-19-11-6-2-4-9(17)15(11)21-13/h1-6H,7H2,(H,18,20)(H,19,21). The first-order valence-corrected chi connectivity index (χ1v) is 6.47. The maximum Gasteiger partial charge on any atom is 0.151 e. The number of para-hydroxylation sites is 2. The summed E-state index contributed by atoms with van der Waals surface area (Å²) in [7, 11) is 0. The number of imidazole rings is 2. The van der Waals surface area contributed by atoms with Crippen LogP contribution in [-0.2, 0) is 6.42 Å². The monoisotopic (exact) mass is 284 g/mol. The Balaban J connectivity index is 1.75. The number of halogens is 2. The van der Waals surface area contributed by atoms with Gasteiger partial charge in [-0.05, 0) is 24.3 Å². The quantitative estimate of drug-likeness (QED) is 0.593. The van der Waals surface area contributed by atoms with Crippen molar-refractivity contribution in [2.45, 2.75) is 6.42 Å². The van der Waals surface area contributed by atoms with Gasteiger partial charge in [0.05, 0.1) is 17.5 Å². The molecule has 4 rings (SSSR count). The molecule has 0 saturated carbocycles. The third-order valence-electron chi connectivity index (χ3n) is 3.36. The Kier molecular flexibility index (Phi) is 2.50. The fourth-order valence-electron chi connectivity index (χ4n) is 2.42. The number of rotatable bonds is 2. The van der Waals surface area contributed by atoms with Crippen molar-refractivity contribution in [2.75, 3.05) is 0 Å². The van der Waals surface area contributed by atoms with Gasteiger partial charge in [-0.2, -0.15) is 0 Å². The Hall–Kier alpha value is -2.76. The third-order valence-corrected chi connectivity index (χ3v) is 3.36. The number of aromatic nitrogens is 4. The van der Waals surface area contributed by atoms with Crippen molar-refractivity contribution in [2.24, 2.45) is 0 Å². The number of nitrogens with zero attached hydrogens (tertiary/aromatic N) is 2. The average molecular weight is 284 g/mol. The smallest absolute Gasteiger partial charge is 0.151 e. The number of H-pyrrole nitrogens is 2. The van der Waals surface area contributed by atoms with Crippen LogP contribution in [0.3, 0.4) is 0 Å². The molecule has 2 aromatic heterocycles. The Morgan fingerprint density at radius 1 is 0.762 bits per heavy atom. The van der Waals surface area contributed by atoms with E-state index in [2.05, 4.69) is 19.9 Å². The van der Waals surface area contributed by atoms with E-state index in [1.807, 2.05) is 0 Å². The summed E-state index contributed by atoms with van der Waals surface area (Å²) < 4.78 is 27.2. The summed E-state index contributed by atoms with van der Waals surface area (Å²) in [5.41, 5.74) is 1.86. The summed E-state index contributed by atoms with van der Waals surface area (Å²) in [6, 6.07) is 9.49. The predicted octanol–water partition coefficient (Wildman–Crippen LogP) is 3.31. The largest absolute Gasteiger partial charge is 0.342 e. The van der Waals surface area contributed by atoms with Gasteiger partial charge >= 0.3 is 0 Å². The second kappa shape index (κ2) is 4.37. The SMILES string of the molecule is Fc1cccc2[nH]c(Cc3nc4c(F)cccc4[nH]3)nc12. The van der Waals surface area contributed by atoms with Crippen molar-refractivity contribution in [3.63, 3.8) is 0 Å². The van der Waals surface area contributed by atoms with Crippen molar-refractivity contribution in [1.82, 2.24) is 19.9 Å². The van der Waals surface area contributed by atoms with E-state index in [0.717, 1.165) is 0 Å². The number of fused-ring (bicyclic) bond motifs is 2. The normalized spacial score (nSPS) is 11.5. The minimum atomic E-state index is -0.370. The molecule has 0 amide bonds. The van der Waals surface area contributed by atoms with Gasteiger partial charge < -0.3 is 9.97 Å². The van der Waals surface area contributed by atoms with Crippen LogP contribution in [0.15, 0.2) is 36.4 Å². The maximum absolute atomic E-state index is 13.6. The lowest BCUT2D eigenvalue weighted by Gasteiger charge is -1.90. The van der Waals surface area contributed by atoms with Crippen LogP contribution in [0.25, 0.3) is 22.1 Å². The van der Waals surface area contributed by atoms with E-state index >= 15 is 0 Å². The van der Waals surface area contributed by atoms with Crippen LogP contribution in [0, 0.1) is 11.6 Å². The summed E-state index contributed by atoms with van der Waals surface area (Å²) >= 11 is 0. The van der Waals surface area contributed by atoms with Gasteiger partial charge in [-0.1, -0.05) is 12.1 Å². The second-order valence-electron chi connectivity index (χ2n) is 4.82. The minimum absolute atomic E-state index is 0.301. The maximum atomic E-state index is 13.6. The van der Waals surface area contributed by atoms with Crippen molar-refractivity contribution in [1.29, 1.82) is 0 Å². The molecular formula is C15H10F2N4. The van der Waals surface area contributed by atoms with E-state index in [-0.39, 0.29) is 11.6 Å². The fourth-order valence-corrected chi connectivity index (χ4v) is 2.42. The molecule has 0 spiro atoms. The Morgan fingerprint density at radius 3 is 1.67 bits per heavy atom. The van der Waals surface area contributed by atoms with Crippen LogP contribution in [0.2, 0.25) is 0 Å². The topological polar surface area (TPSA) is 57.4 Å². The van der Waals surface area contributed by atoms with Crippen LogP contribution >= 0.6 is 0 Å². The molecule has 0 radical (unpaired) electrons. The molecule has 2 aromatic carbocycles. The van der Waals surface area contributed by atoms with Crippen LogP contribution in [0.4, 0.5) is 8.78 Å². The lowest BCUT2D eigenvalue weighted by Crippen LogP contribution is -1.92. The van der Waals surface area contributed by atoms with E-state index < -0.39 is 0 Å². The first-order valence-electron chi connectivity index (χ1n) is 6.47. The minimum Gasteiger partial charge on any atom is -0.342 e. The molecule has 2 heterocycles. The lowest BCUT2D eigenvalue weighted by atomic mass is 10.3. The van der Waals surface area contributed by atoms with Gasteiger partial charge in [0.2, 0.25) is 0 Å². The summed E-state index contributed by atoms with van der Waals surface area (Å²) in [4.78, 5) is 14.5. The Bertz CT molecular complexity index is 877. The van der Waals surface area contributed by atoms with Crippen molar-refractivity contribution >= 4 is 22.1 Å². The van der Waals surface area contributed by atoms with E-state index in [9.17, 15) is 8.78 Å². The second-order valence-corrected chi connectivity index (χ2v) is 4.82. The summed E-state index contributed by atoms with van der Waals surface area (Å²) in [6.07, 6.45) is 0.349. The molecule has 4 nitrogen and oxygen atoms in total. The summed E-state index contributed by atoms with van der Waals surface area (Å²) in [5, 5.41) is 0. The summed E-state index contributed by atoms with van der Waals surface area (Å²) in [5.74, 6) is 0.417. The van der Waals surface area contributed by atoms with Crippen molar-refractivity contribution in [3.05, 3.63) is 59.7 Å². The number of hydrogen-bond donors (Lipinski definition) is 2. The molecule has 0 aliphatic carbocycles. The summed E-state index contributed by atoms with van der Waals surface area (Å²) in [6.45, 7) is 0. The number of aromatic amines is 2. The zero-order valence-corrected chi connectivity index (χ0v) is 10.8. The first kappa shape index (κ1) is 12.0. The molecule has 0 saturated heterocycles. The van der Waals surface area contributed by atoms with E-state index in [0.29, 0.717) is 40.1 Å². The molecule has 2 N–H and O–H groups in total. The van der Waals surface area contributed by atoms with Gasteiger partial charge in [0.25, 0.3) is 0 Å². The molecule has 104 valence electrons. The zero-order chi connectivity index (χ0) is 14.4. The van der Waals surface area contributed by atoms with Gasteiger partial charge in [-0.3, -0.25) is 0 Å². The lowest BCUT2D eigenvalue weighted by molar-refractivity contribution is 0.637. The third kappa shape index (κ3) is 1.96. The number of nitrogens with one attached hydrogen (secondary N) is 2. The van der Waals surface area contributed by atoms with Crippen LogP contribution < -0.4 is 0 Å². The van der Waals surface area contributed by atoms with E-state index in [1.54, 1.807) is 24.3 Å². The highest BCUT2D eigenvalue weighted by molar-refractivity contribution is 5.76. The fraction of sp³-hybridized carbons (Fsp3) is 0.0667. The van der Waals surface area contributed by atoms with Crippen LogP contribution in [-0.4, -0.2) is 19.9 Å². The zero-order valence-electron chi connectivity index (χ0n) is 10.8. The van der Waals surface area contributed by atoms with Crippen molar-refractivity contribution < 1.29 is 8.78 Å². The highest BCUT2D eigenvalue weighted by Crippen LogP contribution is 2.18. The van der Waals surface area contributed by atoms with Gasteiger partial charge in [-0.15, -0.1) is 0 Å². The molecular weight excluding hydrogens is 274 g/mol. The molecule has 0 atom stereocenters. The number of benzene rings is 2. The molecule has 0 fully saturated rings. The van der Waals surface area contributed by atoms with E-state index in [1.165, 1.54) is 12.1 Å².